The van der Waals surface area contributed by atoms with Crippen LogP contribution in [-0.4, -0.2) is 22.5 Å². The van der Waals surface area contributed by atoms with E-state index in [9.17, 15) is 4.79 Å². The van der Waals surface area contributed by atoms with Crippen molar-refractivity contribution in [3.8, 4) is 5.69 Å². The number of hydrogen-bond acceptors (Lipinski definition) is 1. The molecule has 3 rings (SSSR count). The summed E-state index contributed by atoms with van der Waals surface area (Å²) < 4.78 is 1.99. The molecule has 2 amide bonds. The summed E-state index contributed by atoms with van der Waals surface area (Å²) >= 11 is 5.88. The Morgan fingerprint density at radius 3 is 2.50 bits per heavy atom. The van der Waals surface area contributed by atoms with Crippen molar-refractivity contribution in [2.45, 2.75) is 6.54 Å². The molecule has 2 aromatic carbocycles. The highest BCUT2D eigenvalue weighted by Gasteiger charge is 2.10. The first-order chi connectivity index (χ1) is 11.6. The lowest BCUT2D eigenvalue weighted by Crippen LogP contribution is -2.30. The fourth-order valence-corrected chi connectivity index (χ4v) is 2.53. The molecule has 5 heteroatoms. The van der Waals surface area contributed by atoms with Crippen LogP contribution < -0.4 is 5.32 Å². The molecule has 0 aliphatic heterocycles. The van der Waals surface area contributed by atoms with Crippen LogP contribution in [0.1, 0.15) is 5.56 Å². The van der Waals surface area contributed by atoms with Gasteiger partial charge in [-0.05, 0) is 48.0 Å². The molecule has 1 heterocycles. The van der Waals surface area contributed by atoms with Crippen LogP contribution in [0.15, 0.2) is 73.1 Å². The van der Waals surface area contributed by atoms with Gasteiger partial charge in [0.15, 0.2) is 0 Å². The van der Waals surface area contributed by atoms with Crippen LogP contribution in [0.25, 0.3) is 5.69 Å². The minimum atomic E-state index is -0.158. The third-order valence-corrected chi connectivity index (χ3v) is 3.93. The fraction of sp³-hybridized carbons (Fsp3) is 0.105. The lowest BCUT2D eigenvalue weighted by Gasteiger charge is -2.18. The molecule has 1 aromatic heterocycles. The molecule has 122 valence electrons. The zero-order valence-corrected chi connectivity index (χ0v) is 14.1. The summed E-state index contributed by atoms with van der Waals surface area (Å²) in [6.45, 7) is 0.514. The minimum absolute atomic E-state index is 0.158. The second-order valence-electron chi connectivity index (χ2n) is 5.55. The Balaban J connectivity index is 1.66. The molecule has 1 N–H and O–H groups in total. The molecule has 0 unspecified atom stereocenters. The lowest BCUT2D eigenvalue weighted by atomic mass is 10.2. The molecule has 0 fully saturated rings. The van der Waals surface area contributed by atoms with Gasteiger partial charge in [-0.1, -0.05) is 29.8 Å². The number of hydrogen-bond donors (Lipinski definition) is 1. The van der Waals surface area contributed by atoms with E-state index < -0.39 is 0 Å². The van der Waals surface area contributed by atoms with Crippen molar-refractivity contribution in [1.29, 1.82) is 0 Å². The molecular formula is C19H18ClN3O. The third kappa shape index (κ3) is 3.97. The molecule has 0 saturated carbocycles. The minimum Gasteiger partial charge on any atom is -0.324 e. The molecule has 0 spiro atoms. The molecule has 0 bridgehead atoms. The summed E-state index contributed by atoms with van der Waals surface area (Å²) in [5.41, 5.74) is 2.78. The quantitative estimate of drug-likeness (QED) is 0.728. The van der Waals surface area contributed by atoms with Crippen molar-refractivity contribution in [2.75, 3.05) is 12.4 Å². The zero-order chi connectivity index (χ0) is 16.9. The number of urea groups is 1. The van der Waals surface area contributed by atoms with Crippen molar-refractivity contribution in [3.63, 3.8) is 0 Å². The van der Waals surface area contributed by atoms with Crippen LogP contribution in [0, 0.1) is 0 Å². The van der Waals surface area contributed by atoms with Crippen molar-refractivity contribution in [2.24, 2.45) is 0 Å². The van der Waals surface area contributed by atoms with Crippen LogP contribution in [-0.2, 0) is 6.54 Å². The smallest absolute Gasteiger partial charge is 0.321 e. The summed E-state index contributed by atoms with van der Waals surface area (Å²) in [5, 5.41) is 3.61. The Bertz CT molecular complexity index is 813. The fourth-order valence-electron chi connectivity index (χ4n) is 2.41. The van der Waals surface area contributed by atoms with Crippen molar-refractivity contribution < 1.29 is 4.79 Å². The van der Waals surface area contributed by atoms with E-state index in [1.165, 1.54) is 0 Å². The van der Waals surface area contributed by atoms with E-state index in [1.807, 2.05) is 77.6 Å². The Morgan fingerprint density at radius 2 is 1.79 bits per heavy atom. The second-order valence-corrected chi connectivity index (χ2v) is 5.99. The van der Waals surface area contributed by atoms with Gasteiger partial charge in [-0.3, -0.25) is 0 Å². The summed E-state index contributed by atoms with van der Waals surface area (Å²) in [5.74, 6) is 0. The summed E-state index contributed by atoms with van der Waals surface area (Å²) in [6.07, 6.45) is 3.93. The number of carbonyl (C=O) groups is 1. The van der Waals surface area contributed by atoms with Crippen LogP contribution in [0.3, 0.4) is 0 Å². The van der Waals surface area contributed by atoms with Gasteiger partial charge in [-0.2, -0.15) is 0 Å². The number of rotatable bonds is 4. The van der Waals surface area contributed by atoms with E-state index in [-0.39, 0.29) is 6.03 Å². The predicted molar refractivity (Wildman–Crippen MR) is 97.7 cm³/mol. The van der Waals surface area contributed by atoms with E-state index in [2.05, 4.69) is 5.32 Å². The predicted octanol–water partition coefficient (Wildman–Crippen LogP) is 4.79. The van der Waals surface area contributed by atoms with Crippen molar-refractivity contribution in [1.82, 2.24) is 9.47 Å². The van der Waals surface area contributed by atoms with Gasteiger partial charge in [-0.25, -0.2) is 4.79 Å². The van der Waals surface area contributed by atoms with E-state index in [4.69, 9.17) is 11.6 Å². The van der Waals surface area contributed by atoms with Crippen LogP contribution in [0.4, 0.5) is 10.5 Å². The van der Waals surface area contributed by atoms with Gasteiger partial charge in [0.05, 0.1) is 0 Å². The average molecular weight is 340 g/mol. The Labute approximate surface area is 146 Å². The van der Waals surface area contributed by atoms with Gasteiger partial charge in [-0.15, -0.1) is 0 Å². The maximum absolute atomic E-state index is 12.4. The molecule has 0 radical (unpaired) electrons. The topological polar surface area (TPSA) is 37.3 Å². The first-order valence-corrected chi connectivity index (χ1v) is 7.99. The number of amides is 2. The average Bonchev–Trinajstić information content (AvgIpc) is 3.12. The maximum atomic E-state index is 12.4. The van der Waals surface area contributed by atoms with Crippen molar-refractivity contribution >= 4 is 23.3 Å². The van der Waals surface area contributed by atoms with E-state index in [0.717, 1.165) is 16.9 Å². The molecule has 0 saturated heterocycles. The Hall–Kier alpha value is -2.72. The number of aromatic nitrogens is 1. The highest BCUT2D eigenvalue weighted by atomic mass is 35.5. The number of anilines is 1. The summed E-state index contributed by atoms with van der Waals surface area (Å²) in [4.78, 5) is 14.0. The monoisotopic (exact) mass is 339 g/mol. The van der Waals surface area contributed by atoms with E-state index in [0.29, 0.717) is 11.6 Å². The van der Waals surface area contributed by atoms with Crippen LogP contribution in [0.5, 0.6) is 0 Å². The zero-order valence-electron chi connectivity index (χ0n) is 13.3. The van der Waals surface area contributed by atoms with Crippen LogP contribution in [0.2, 0.25) is 5.02 Å². The molecule has 3 aromatic rings. The molecule has 0 atom stereocenters. The van der Waals surface area contributed by atoms with E-state index >= 15 is 0 Å². The number of benzene rings is 2. The van der Waals surface area contributed by atoms with Gasteiger partial charge in [0.1, 0.15) is 0 Å². The summed E-state index contributed by atoms with van der Waals surface area (Å²) in [6, 6.07) is 19.0. The van der Waals surface area contributed by atoms with Gasteiger partial charge in [0.2, 0.25) is 0 Å². The van der Waals surface area contributed by atoms with Gasteiger partial charge >= 0.3 is 6.03 Å². The van der Waals surface area contributed by atoms with Gasteiger partial charge in [0, 0.05) is 42.4 Å². The molecule has 0 aliphatic carbocycles. The molecule has 0 aliphatic rings. The number of nitrogens with one attached hydrogen (secondary N) is 1. The van der Waals surface area contributed by atoms with Gasteiger partial charge in [0.25, 0.3) is 0 Å². The largest absolute Gasteiger partial charge is 0.324 e. The molecule has 24 heavy (non-hydrogen) atoms. The first-order valence-electron chi connectivity index (χ1n) is 7.62. The van der Waals surface area contributed by atoms with Crippen molar-refractivity contribution in [3.05, 3.63) is 83.6 Å². The van der Waals surface area contributed by atoms with E-state index in [1.54, 1.807) is 11.9 Å². The highest BCUT2D eigenvalue weighted by Crippen LogP contribution is 2.16. The summed E-state index contributed by atoms with van der Waals surface area (Å²) in [7, 11) is 1.76. The molecular weight excluding hydrogens is 322 g/mol. The third-order valence-electron chi connectivity index (χ3n) is 3.68. The van der Waals surface area contributed by atoms with Gasteiger partial charge < -0.3 is 14.8 Å². The number of carbonyl (C=O) groups excluding carboxylic acids is 1. The highest BCUT2D eigenvalue weighted by molar-refractivity contribution is 6.30. The second kappa shape index (κ2) is 7.23. The number of halogens is 1. The SMILES string of the molecule is CN(Cc1ccc(Cl)cc1)C(=O)Nc1cccc(-n2cccc2)c1. The Morgan fingerprint density at radius 1 is 1.08 bits per heavy atom. The Kier molecular flexibility index (Phi) is 4.87. The normalized spacial score (nSPS) is 10.4. The standard InChI is InChI=1S/C19H18ClN3O/c1-22(14-15-7-9-16(20)10-8-15)19(24)21-17-5-4-6-18(13-17)23-11-2-3-12-23/h2-13H,14H2,1H3,(H,21,24). The maximum Gasteiger partial charge on any atom is 0.321 e. The lowest BCUT2D eigenvalue weighted by molar-refractivity contribution is 0.220. The van der Waals surface area contributed by atoms with Crippen LogP contribution >= 0.6 is 11.6 Å². The number of nitrogens with zero attached hydrogens (tertiary/aromatic N) is 2. The molecule has 4 nitrogen and oxygen atoms in total. The first kappa shape index (κ1) is 16.1.